The first-order valence-electron chi connectivity index (χ1n) is 28.7. The minimum Gasteiger partial charge on any atom is -0.462 e. The third kappa shape index (κ3) is 56.1. The topological polar surface area (TPSA) is 134 Å². The van der Waals surface area contributed by atoms with E-state index in [1.165, 1.54) is 116 Å². The predicted molar refractivity (Wildman–Crippen MR) is 302 cm³/mol. The molecule has 0 saturated carbocycles. The van der Waals surface area contributed by atoms with Gasteiger partial charge in [-0.3, -0.25) is 18.6 Å². The third-order valence-electron chi connectivity index (χ3n) is 12.0. The lowest BCUT2D eigenvalue weighted by atomic mass is 10.0. The molecule has 408 valence electrons. The standard InChI is InChI=1S/C61H106NO8P/c1-3-5-7-9-11-13-15-17-19-21-23-25-26-27-28-29-30-31-32-34-36-38-40-42-44-46-48-50-52-54-61(64)70-59(58-69-71(65,66)68-56-55-62)57-67-60(63)53-51-49-47-45-43-41-39-37-35-33-24-22-20-18-16-14-12-10-8-6-4-2/h5,7,11,13,17,19,23,25,27-28,30-31,34,36,40,42,59H,3-4,6,8-10,12,14-16,18,20-22,24,26,29,32-33,35,37-39,41,43-58,62H2,1-2H3,(H,65,66)/b7-5-,13-11-,19-17-,25-23-,28-27-,31-30-,36-34-,42-40-. The van der Waals surface area contributed by atoms with Gasteiger partial charge in [0.2, 0.25) is 0 Å². The Kier molecular flexibility index (Phi) is 53.8. The van der Waals surface area contributed by atoms with Crippen LogP contribution >= 0.6 is 7.82 Å². The molecule has 9 nitrogen and oxygen atoms in total. The Bertz CT molecular complexity index is 1480. The van der Waals surface area contributed by atoms with E-state index in [4.69, 9.17) is 24.3 Å². The molecule has 0 aliphatic rings. The van der Waals surface area contributed by atoms with E-state index in [1.54, 1.807) is 0 Å². The first-order chi connectivity index (χ1) is 34.8. The molecular formula is C61H106NO8P. The summed E-state index contributed by atoms with van der Waals surface area (Å²) in [7, 11) is -4.40. The number of carbonyl (C=O) groups excluding carboxylic acids is 2. The van der Waals surface area contributed by atoms with Crippen molar-refractivity contribution < 1.29 is 37.6 Å². The van der Waals surface area contributed by atoms with Crippen LogP contribution < -0.4 is 5.73 Å². The lowest BCUT2D eigenvalue weighted by molar-refractivity contribution is -0.161. The van der Waals surface area contributed by atoms with E-state index in [-0.39, 0.29) is 38.6 Å². The molecule has 0 aromatic rings. The van der Waals surface area contributed by atoms with Gasteiger partial charge in [0.25, 0.3) is 0 Å². The maximum Gasteiger partial charge on any atom is 0.472 e. The summed E-state index contributed by atoms with van der Waals surface area (Å²) in [4.78, 5) is 35.2. The summed E-state index contributed by atoms with van der Waals surface area (Å²) in [6, 6.07) is 0. The first-order valence-corrected chi connectivity index (χ1v) is 30.2. The second kappa shape index (κ2) is 56.2. The van der Waals surface area contributed by atoms with E-state index in [1.807, 2.05) is 0 Å². The smallest absolute Gasteiger partial charge is 0.462 e. The Morgan fingerprint density at radius 2 is 0.775 bits per heavy atom. The molecule has 0 fully saturated rings. The number of esters is 2. The molecule has 0 aliphatic carbocycles. The molecule has 0 heterocycles. The molecule has 0 aromatic heterocycles. The summed E-state index contributed by atoms with van der Waals surface area (Å²) >= 11 is 0. The lowest BCUT2D eigenvalue weighted by Gasteiger charge is -2.19. The molecule has 2 unspecified atom stereocenters. The van der Waals surface area contributed by atoms with Crippen LogP contribution in [-0.4, -0.2) is 49.3 Å². The number of rotatable bonds is 53. The molecule has 10 heteroatoms. The van der Waals surface area contributed by atoms with Crippen molar-refractivity contribution in [3.63, 3.8) is 0 Å². The highest BCUT2D eigenvalue weighted by Gasteiger charge is 2.26. The van der Waals surface area contributed by atoms with Gasteiger partial charge < -0.3 is 20.1 Å². The van der Waals surface area contributed by atoms with Crippen molar-refractivity contribution in [2.24, 2.45) is 5.73 Å². The van der Waals surface area contributed by atoms with Gasteiger partial charge in [0.15, 0.2) is 6.10 Å². The average molecular weight is 1010 g/mol. The van der Waals surface area contributed by atoms with Crippen molar-refractivity contribution in [1.82, 2.24) is 0 Å². The maximum absolute atomic E-state index is 12.7. The van der Waals surface area contributed by atoms with Gasteiger partial charge in [-0.2, -0.15) is 0 Å². The Hall–Kier alpha value is -3.07. The highest BCUT2D eigenvalue weighted by atomic mass is 31.2. The fourth-order valence-corrected chi connectivity index (χ4v) is 8.54. The first kappa shape index (κ1) is 67.9. The van der Waals surface area contributed by atoms with E-state index >= 15 is 0 Å². The highest BCUT2D eigenvalue weighted by molar-refractivity contribution is 7.47. The summed E-state index contributed by atoms with van der Waals surface area (Å²) < 4.78 is 33.0. The molecule has 0 aromatic carbocycles. The number of unbranched alkanes of at least 4 members (excludes halogenated alkanes) is 24. The van der Waals surface area contributed by atoms with Gasteiger partial charge in [-0.15, -0.1) is 0 Å². The lowest BCUT2D eigenvalue weighted by Crippen LogP contribution is -2.29. The number of phosphoric acid groups is 1. The van der Waals surface area contributed by atoms with Crippen LogP contribution in [0.15, 0.2) is 97.2 Å². The Morgan fingerprint density at radius 3 is 1.15 bits per heavy atom. The summed E-state index contributed by atoms with van der Waals surface area (Å²) in [6.45, 7) is 3.62. The SMILES string of the molecule is CC/C=C\C/C=C\C/C=C\C/C=C\C/C=C\C/C=C\C/C=C\C/C=C\CCCCCCC(=O)OC(COC(=O)CCCCCCCCCCCCCCCCCCCCCCC)COP(=O)(O)OCCN. The van der Waals surface area contributed by atoms with E-state index in [0.717, 1.165) is 96.3 Å². The van der Waals surface area contributed by atoms with Crippen LogP contribution in [0.5, 0.6) is 0 Å². The van der Waals surface area contributed by atoms with E-state index in [9.17, 15) is 19.0 Å². The van der Waals surface area contributed by atoms with Gasteiger partial charge in [0.1, 0.15) is 6.61 Å². The maximum atomic E-state index is 12.7. The zero-order chi connectivity index (χ0) is 51.7. The predicted octanol–water partition coefficient (Wildman–Crippen LogP) is 18.1. The van der Waals surface area contributed by atoms with Crippen molar-refractivity contribution in [2.75, 3.05) is 26.4 Å². The van der Waals surface area contributed by atoms with Gasteiger partial charge in [0, 0.05) is 19.4 Å². The average Bonchev–Trinajstić information content (AvgIpc) is 3.36. The van der Waals surface area contributed by atoms with Gasteiger partial charge in [-0.1, -0.05) is 252 Å². The van der Waals surface area contributed by atoms with E-state index < -0.39 is 26.5 Å². The Morgan fingerprint density at radius 1 is 0.437 bits per heavy atom. The number of phosphoric ester groups is 1. The second-order valence-electron chi connectivity index (χ2n) is 18.8. The molecule has 0 spiro atoms. The van der Waals surface area contributed by atoms with Crippen LogP contribution in [0.1, 0.15) is 245 Å². The van der Waals surface area contributed by atoms with Crippen molar-refractivity contribution >= 4 is 19.8 Å². The van der Waals surface area contributed by atoms with Gasteiger partial charge in [-0.25, -0.2) is 4.57 Å². The second-order valence-corrected chi connectivity index (χ2v) is 20.2. The quantitative estimate of drug-likeness (QED) is 0.0264. The minimum atomic E-state index is -4.40. The summed E-state index contributed by atoms with van der Waals surface area (Å²) in [5.41, 5.74) is 5.38. The summed E-state index contributed by atoms with van der Waals surface area (Å²) in [6.07, 6.45) is 74.6. The number of hydrogen-bond acceptors (Lipinski definition) is 8. The van der Waals surface area contributed by atoms with Crippen LogP contribution in [-0.2, 0) is 32.7 Å². The van der Waals surface area contributed by atoms with E-state index in [2.05, 4.69) is 111 Å². The number of nitrogens with two attached hydrogens (primary N) is 1. The molecule has 0 bridgehead atoms. The number of hydrogen-bond donors (Lipinski definition) is 2. The monoisotopic (exact) mass is 1010 g/mol. The van der Waals surface area contributed by atoms with Crippen LogP contribution in [0.2, 0.25) is 0 Å². The van der Waals surface area contributed by atoms with Crippen molar-refractivity contribution in [3.05, 3.63) is 97.2 Å². The Labute approximate surface area is 436 Å². The third-order valence-corrected chi connectivity index (χ3v) is 13.0. The fraction of sp³-hybridized carbons (Fsp3) is 0.705. The zero-order valence-electron chi connectivity index (χ0n) is 45.4. The molecule has 2 atom stereocenters. The molecule has 0 aliphatic heterocycles. The molecular weight excluding hydrogens is 906 g/mol. The molecule has 71 heavy (non-hydrogen) atoms. The van der Waals surface area contributed by atoms with Crippen LogP contribution in [0.4, 0.5) is 0 Å². The minimum absolute atomic E-state index is 0.0451. The largest absolute Gasteiger partial charge is 0.472 e. The normalized spacial score (nSPS) is 13.8. The fourth-order valence-electron chi connectivity index (χ4n) is 7.77. The van der Waals surface area contributed by atoms with E-state index in [0.29, 0.717) is 6.42 Å². The van der Waals surface area contributed by atoms with Crippen LogP contribution in [0, 0.1) is 0 Å². The molecule has 0 radical (unpaired) electrons. The van der Waals surface area contributed by atoms with Gasteiger partial charge in [-0.05, 0) is 77.0 Å². The summed E-state index contributed by atoms with van der Waals surface area (Å²) in [5, 5.41) is 0. The Balaban J connectivity index is 4.08. The number of carbonyl (C=O) groups is 2. The van der Waals surface area contributed by atoms with Gasteiger partial charge >= 0.3 is 19.8 Å². The molecule has 0 amide bonds. The molecule has 3 N–H and O–H groups in total. The van der Waals surface area contributed by atoms with Crippen LogP contribution in [0.25, 0.3) is 0 Å². The van der Waals surface area contributed by atoms with Crippen LogP contribution in [0.3, 0.4) is 0 Å². The van der Waals surface area contributed by atoms with Gasteiger partial charge in [0.05, 0.1) is 13.2 Å². The highest BCUT2D eigenvalue weighted by Crippen LogP contribution is 2.43. The molecule has 0 rings (SSSR count). The molecule has 0 saturated heterocycles. The summed E-state index contributed by atoms with van der Waals surface area (Å²) in [5.74, 6) is -0.855. The number of ether oxygens (including phenoxy) is 2. The van der Waals surface area contributed by atoms with Crippen molar-refractivity contribution in [2.45, 2.75) is 251 Å². The van der Waals surface area contributed by atoms with Crippen molar-refractivity contribution in [1.29, 1.82) is 0 Å². The van der Waals surface area contributed by atoms with Crippen molar-refractivity contribution in [3.8, 4) is 0 Å². The zero-order valence-corrected chi connectivity index (χ0v) is 46.3. The number of allylic oxidation sites excluding steroid dienone is 16.